The predicted molar refractivity (Wildman–Crippen MR) is 138 cm³/mol. The summed E-state index contributed by atoms with van der Waals surface area (Å²) in [7, 11) is 0. The Labute approximate surface area is 225 Å². The Bertz CT molecular complexity index is 976. The van der Waals surface area contributed by atoms with Crippen LogP contribution in [0, 0.1) is 5.92 Å². The van der Waals surface area contributed by atoms with Gasteiger partial charge in [0, 0.05) is 6.42 Å². The third-order valence-electron chi connectivity index (χ3n) is 6.80. The van der Waals surface area contributed by atoms with Gasteiger partial charge >= 0.3 is 12.0 Å². The highest BCUT2D eigenvalue weighted by molar-refractivity contribution is 5.96. The van der Waals surface area contributed by atoms with E-state index in [1.807, 2.05) is 0 Å². The molecule has 220 valence electrons. The number of carbonyl (C=O) groups excluding carboxylic acids is 4. The van der Waals surface area contributed by atoms with E-state index >= 15 is 0 Å². The van der Waals surface area contributed by atoms with Crippen LogP contribution in [0.15, 0.2) is 4.99 Å². The molecule has 8 atom stereocenters. The van der Waals surface area contributed by atoms with Gasteiger partial charge in [-0.05, 0) is 32.6 Å². The lowest BCUT2D eigenvalue weighted by Crippen LogP contribution is -2.68. The Morgan fingerprint density at radius 2 is 1.79 bits per heavy atom. The number of carboxylic acids is 1. The van der Waals surface area contributed by atoms with E-state index in [1.54, 1.807) is 20.8 Å². The van der Waals surface area contributed by atoms with Crippen LogP contribution in [-0.2, 0) is 19.2 Å². The summed E-state index contributed by atoms with van der Waals surface area (Å²) < 4.78 is 0. The van der Waals surface area contributed by atoms with Crippen LogP contribution in [0.25, 0.3) is 0 Å². The minimum Gasteiger partial charge on any atom is -0.480 e. The Balaban J connectivity index is 1.97. The molecule has 2 rings (SSSR count). The van der Waals surface area contributed by atoms with Crippen LogP contribution in [0.5, 0.6) is 0 Å². The summed E-state index contributed by atoms with van der Waals surface area (Å²) in [4.78, 5) is 65.7. The summed E-state index contributed by atoms with van der Waals surface area (Å²) in [6.07, 6.45) is -2.37. The number of nitrogens with one attached hydrogen (secondary N) is 4. The number of piperazine rings is 1. The van der Waals surface area contributed by atoms with Gasteiger partial charge < -0.3 is 42.7 Å². The van der Waals surface area contributed by atoms with Gasteiger partial charge in [-0.1, -0.05) is 13.8 Å². The van der Waals surface area contributed by atoms with Crippen LogP contribution in [0.3, 0.4) is 0 Å². The molecular weight excluding hydrogens is 516 g/mol. The topological polar surface area (TPSA) is 262 Å². The highest BCUT2D eigenvalue weighted by Gasteiger charge is 2.39. The van der Waals surface area contributed by atoms with Gasteiger partial charge in [-0.2, -0.15) is 0 Å². The highest BCUT2D eigenvalue weighted by Crippen LogP contribution is 2.18. The van der Waals surface area contributed by atoms with Crippen molar-refractivity contribution in [3.05, 3.63) is 0 Å². The molecule has 0 saturated carbocycles. The first-order valence-electron chi connectivity index (χ1n) is 12.8. The number of carboxylic acid groups (broad SMARTS) is 1. The normalized spacial score (nSPS) is 26.2. The number of aliphatic imine (C=N–C) groups is 1. The fourth-order valence-corrected chi connectivity index (χ4v) is 4.42. The van der Waals surface area contributed by atoms with E-state index in [-0.39, 0.29) is 43.6 Å². The second kappa shape index (κ2) is 13.5. The van der Waals surface area contributed by atoms with E-state index in [4.69, 9.17) is 11.5 Å². The van der Waals surface area contributed by atoms with Crippen molar-refractivity contribution in [2.75, 3.05) is 6.54 Å². The standard InChI is InChI=1S/C23H40N8O8/c1-9(2)16(21(37)38)30-19(35)11(4)27-20(36)17-13(29-18(34)10(3)26-17)5-6-14(32)15(33)7-12-8-31(23(25)39)22(24)28-12/h9-17,26,32-33H,5-8H2,1-4H3,(H2,24,28)(H2,25,39)(H,27,36)(H,29,34)(H,30,35)(H,37,38). The molecule has 8 unspecified atom stereocenters. The lowest BCUT2D eigenvalue weighted by atomic mass is 9.93. The summed E-state index contributed by atoms with van der Waals surface area (Å²) >= 11 is 0. The molecule has 0 aromatic rings. The first-order valence-corrected chi connectivity index (χ1v) is 12.8. The van der Waals surface area contributed by atoms with Crippen molar-refractivity contribution < 1.29 is 39.3 Å². The van der Waals surface area contributed by atoms with Gasteiger partial charge in [0.15, 0.2) is 5.96 Å². The maximum atomic E-state index is 13.1. The maximum absolute atomic E-state index is 13.1. The zero-order valence-corrected chi connectivity index (χ0v) is 22.5. The van der Waals surface area contributed by atoms with E-state index in [0.717, 1.165) is 4.90 Å². The summed E-state index contributed by atoms with van der Waals surface area (Å²) in [5.74, 6) is -3.30. The first-order chi connectivity index (χ1) is 18.1. The maximum Gasteiger partial charge on any atom is 0.326 e. The van der Waals surface area contributed by atoms with Gasteiger partial charge in [0.2, 0.25) is 17.7 Å². The Hall–Kier alpha value is -3.50. The molecule has 0 bridgehead atoms. The number of nitrogens with two attached hydrogens (primary N) is 2. The number of aliphatic hydroxyl groups is 2. The van der Waals surface area contributed by atoms with Gasteiger partial charge in [-0.15, -0.1) is 0 Å². The molecule has 2 aliphatic heterocycles. The molecule has 0 radical (unpaired) electrons. The van der Waals surface area contributed by atoms with Crippen molar-refractivity contribution in [1.82, 2.24) is 26.2 Å². The number of urea groups is 1. The van der Waals surface area contributed by atoms with Crippen LogP contribution in [0.4, 0.5) is 4.79 Å². The highest BCUT2D eigenvalue weighted by atomic mass is 16.4. The number of aliphatic carboxylic acids is 1. The van der Waals surface area contributed by atoms with Gasteiger partial charge in [-0.3, -0.25) is 24.6 Å². The number of amides is 5. The monoisotopic (exact) mass is 556 g/mol. The minimum atomic E-state index is -1.24. The molecule has 1 fully saturated rings. The van der Waals surface area contributed by atoms with Crippen molar-refractivity contribution in [2.24, 2.45) is 22.4 Å². The van der Waals surface area contributed by atoms with Crippen LogP contribution in [-0.4, -0.2) is 111 Å². The minimum absolute atomic E-state index is 0.00211. The molecule has 1 saturated heterocycles. The van der Waals surface area contributed by atoms with Gasteiger partial charge in [0.05, 0.1) is 36.9 Å². The average molecular weight is 557 g/mol. The molecule has 2 heterocycles. The summed E-state index contributed by atoms with van der Waals surface area (Å²) in [6.45, 7) is 6.32. The molecular formula is C23H40N8O8. The molecule has 2 aliphatic rings. The van der Waals surface area contributed by atoms with Gasteiger partial charge in [0.25, 0.3) is 0 Å². The molecule has 16 heteroatoms. The molecule has 0 aromatic heterocycles. The van der Waals surface area contributed by atoms with Gasteiger partial charge in [0.1, 0.15) is 18.1 Å². The number of aliphatic hydroxyl groups excluding tert-OH is 2. The number of nitrogens with zero attached hydrogens (tertiary/aromatic N) is 2. The van der Waals surface area contributed by atoms with Crippen molar-refractivity contribution >= 4 is 35.7 Å². The second-order valence-corrected chi connectivity index (χ2v) is 10.3. The van der Waals surface area contributed by atoms with Crippen LogP contribution in [0.2, 0.25) is 0 Å². The fraction of sp³-hybridized carbons (Fsp3) is 0.739. The number of hydrogen-bond acceptors (Lipinski definition) is 10. The largest absolute Gasteiger partial charge is 0.480 e. The molecule has 5 amide bonds. The third-order valence-corrected chi connectivity index (χ3v) is 6.80. The number of carbonyl (C=O) groups is 5. The lowest BCUT2D eigenvalue weighted by Gasteiger charge is -2.36. The molecule has 0 aromatic carbocycles. The smallest absolute Gasteiger partial charge is 0.326 e. The Morgan fingerprint density at radius 3 is 2.33 bits per heavy atom. The second-order valence-electron chi connectivity index (χ2n) is 10.3. The molecule has 0 spiro atoms. The van der Waals surface area contributed by atoms with Gasteiger partial charge in [-0.25, -0.2) is 14.6 Å². The number of hydrogen-bond donors (Lipinski definition) is 9. The SMILES string of the molecule is CC(NC(=O)C1NC(C)C(=O)NC1CCC(O)C(O)CC1CN(C(N)=O)C(N)=N1)C(=O)NC(C(=O)O)C(C)C. The van der Waals surface area contributed by atoms with Crippen LogP contribution in [0.1, 0.15) is 47.0 Å². The zero-order chi connectivity index (χ0) is 29.6. The zero-order valence-electron chi connectivity index (χ0n) is 22.5. The lowest BCUT2D eigenvalue weighted by molar-refractivity contribution is -0.143. The molecule has 0 aliphatic carbocycles. The van der Waals surface area contributed by atoms with E-state index in [1.165, 1.54) is 6.92 Å². The first kappa shape index (κ1) is 31.7. The fourth-order valence-electron chi connectivity index (χ4n) is 4.42. The van der Waals surface area contributed by atoms with Crippen LogP contribution >= 0.6 is 0 Å². The average Bonchev–Trinajstić information content (AvgIpc) is 3.21. The van der Waals surface area contributed by atoms with Crippen molar-refractivity contribution in [1.29, 1.82) is 0 Å². The van der Waals surface area contributed by atoms with E-state index in [2.05, 4.69) is 26.3 Å². The summed E-state index contributed by atoms with van der Waals surface area (Å²) in [6, 6.07) is -5.99. The van der Waals surface area contributed by atoms with Crippen molar-refractivity contribution in [3.8, 4) is 0 Å². The summed E-state index contributed by atoms with van der Waals surface area (Å²) in [5, 5.41) is 40.8. The van der Waals surface area contributed by atoms with Crippen molar-refractivity contribution in [2.45, 2.75) is 95.4 Å². The quantitative estimate of drug-likeness (QED) is 0.115. The van der Waals surface area contributed by atoms with E-state index < -0.39 is 72.3 Å². The summed E-state index contributed by atoms with van der Waals surface area (Å²) in [5.41, 5.74) is 10.9. The number of guanidine groups is 1. The molecule has 11 N–H and O–H groups in total. The predicted octanol–water partition coefficient (Wildman–Crippen LogP) is -3.47. The van der Waals surface area contributed by atoms with E-state index in [9.17, 15) is 39.3 Å². The molecule has 16 nitrogen and oxygen atoms in total. The molecule has 39 heavy (non-hydrogen) atoms. The Kier molecular flexibility index (Phi) is 11.0. The Morgan fingerprint density at radius 1 is 1.15 bits per heavy atom. The number of primary amides is 1. The number of rotatable bonds is 12. The van der Waals surface area contributed by atoms with Crippen LogP contribution < -0.4 is 32.7 Å². The third kappa shape index (κ3) is 8.49. The van der Waals surface area contributed by atoms with Crippen molar-refractivity contribution in [3.63, 3.8) is 0 Å². The van der Waals surface area contributed by atoms with E-state index in [0.29, 0.717) is 0 Å².